The number of benzene rings is 2. The number of nitrogens with one attached hydrogen (secondary N) is 1. The minimum Gasteiger partial charge on any atom is -0.385 e. The highest BCUT2D eigenvalue weighted by molar-refractivity contribution is 6.20. The number of halogens is 4. The zero-order chi connectivity index (χ0) is 21.6. The van der Waals surface area contributed by atoms with Crippen LogP contribution >= 0.6 is 11.6 Å². The lowest BCUT2D eigenvalue weighted by Gasteiger charge is -2.34. The molecular weight excluding hydrogens is 413 g/mol. The Hall–Kier alpha value is -2.21. The van der Waals surface area contributed by atoms with Gasteiger partial charge in [-0.25, -0.2) is 0 Å². The maximum atomic E-state index is 12.7. The summed E-state index contributed by atoms with van der Waals surface area (Å²) in [5, 5.41) is 3.44. The predicted octanol–water partition coefficient (Wildman–Crippen LogP) is 6.06. The number of alkyl halides is 4. The monoisotopic (exact) mass is 438 g/mol. The van der Waals surface area contributed by atoms with Crippen LogP contribution in [0, 0.1) is 5.92 Å². The van der Waals surface area contributed by atoms with Gasteiger partial charge in [0.2, 0.25) is 0 Å². The Labute approximate surface area is 180 Å². The van der Waals surface area contributed by atoms with Crippen molar-refractivity contribution >= 4 is 23.2 Å². The first-order chi connectivity index (χ1) is 14.3. The summed E-state index contributed by atoms with van der Waals surface area (Å²) in [5.41, 5.74) is 0.638. The average Bonchev–Trinajstić information content (AvgIpc) is 2.76. The van der Waals surface area contributed by atoms with Crippen molar-refractivity contribution in [2.45, 2.75) is 37.2 Å². The molecule has 1 fully saturated rings. The Kier molecular flexibility index (Phi) is 7.64. The molecule has 1 aliphatic heterocycles. The van der Waals surface area contributed by atoms with Crippen molar-refractivity contribution in [1.82, 2.24) is 4.90 Å². The molecule has 1 heterocycles. The molecule has 2 aromatic rings. The van der Waals surface area contributed by atoms with Gasteiger partial charge in [0.25, 0.3) is 5.91 Å². The predicted molar refractivity (Wildman–Crippen MR) is 114 cm³/mol. The molecule has 1 amide bonds. The van der Waals surface area contributed by atoms with Gasteiger partial charge in [0.1, 0.15) is 0 Å². The van der Waals surface area contributed by atoms with E-state index in [0.717, 1.165) is 50.0 Å². The van der Waals surface area contributed by atoms with Gasteiger partial charge in [-0.3, -0.25) is 4.79 Å². The SMILES string of the molecule is O=C(c1ccc(C(F)(F)F)cc1)N1CCC(C(Cl)CCCNc2ccccc2)CC1. The second-order valence-corrected chi connectivity index (χ2v) is 8.22. The zero-order valence-corrected chi connectivity index (χ0v) is 17.4. The van der Waals surface area contributed by atoms with Crippen LogP contribution in [0.4, 0.5) is 18.9 Å². The van der Waals surface area contributed by atoms with Crippen LogP contribution in [0.3, 0.4) is 0 Å². The molecule has 1 unspecified atom stereocenters. The molecule has 0 bridgehead atoms. The first kappa shape index (κ1) is 22.5. The Morgan fingerprint density at radius 1 is 1.07 bits per heavy atom. The maximum Gasteiger partial charge on any atom is 0.416 e. The van der Waals surface area contributed by atoms with E-state index in [9.17, 15) is 18.0 Å². The van der Waals surface area contributed by atoms with Gasteiger partial charge in [-0.05, 0) is 68.0 Å². The average molecular weight is 439 g/mol. The molecule has 1 N–H and O–H groups in total. The third-order valence-corrected chi connectivity index (χ3v) is 6.13. The first-order valence-electron chi connectivity index (χ1n) is 10.2. The fraction of sp³-hybridized carbons (Fsp3) is 0.435. The first-order valence-corrected chi connectivity index (χ1v) is 10.7. The minimum absolute atomic E-state index is 0.0610. The number of carbonyl (C=O) groups is 1. The molecule has 0 radical (unpaired) electrons. The van der Waals surface area contributed by atoms with Gasteiger partial charge in [-0.2, -0.15) is 13.2 Å². The van der Waals surface area contributed by atoms with Gasteiger partial charge < -0.3 is 10.2 Å². The highest BCUT2D eigenvalue weighted by Crippen LogP contribution is 2.30. The third kappa shape index (κ3) is 6.14. The van der Waals surface area contributed by atoms with Crippen LogP contribution in [0.5, 0.6) is 0 Å². The van der Waals surface area contributed by atoms with Crippen molar-refractivity contribution in [3.05, 3.63) is 65.7 Å². The van der Waals surface area contributed by atoms with E-state index < -0.39 is 11.7 Å². The molecule has 0 aliphatic carbocycles. The quantitative estimate of drug-likeness (QED) is 0.421. The van der Waals surface area contributed by atoms with Crippen molar-refractivity contribution in [1.29, 1.82) is 0 Å². The van der Waals surface area contributed by atoms with Crippen LogP contribution < -0.4 is 5.32 Å². The van der Waals surface area contributed by atoms with Gasteiger partial charge >= 0.3 is 6.18 Å². The number of likely N-dealkylation sites (tertiary alicyclic amines) is 1. The highest BCUT2D eigenvalue weighted by Gasteiger charge is 2.31. The molecule has 3 nitrogen and oxygen atoms in total. The number of carbonyl (C=O) groups excluding carboxylic acids is 1. The maximum absolute atomic E-state index is 12.7. The van der Waals surface area contributed by atoms with E-state index in [2.05, 4.69) is 5.32 Å². The van der Waals surface area contributed by atoms with Crippen LogP contribution in [-0.4, -0.2) is 35.8 Å². The van der Waals surface area contributed by atoms with Crippen LogP contribution in [0.2, 0.25) is 0 Å². The van der Waals surface area contributed by atoms with E-state index >= 15 is 0 Å². The molecule has 1 atom stereocenters. The Balaban J connectivity index is 1.40. The summed E-state index contributed by atoms with van der Waals surface area (Å²) in [6.45, 7) is 2.02. The van der Waals surface area contributed by atoms with E-state index in [0.29, 0.717) is 19.0 Å². The zero-order valence-electron chi connectivity index (χ0n) is 16.7. The van der Waals surface area contributed by atoms with E-state index in [1.807, 2.05) is 30.3 Å². The Bertz CT molecular complexity index is 803. The summed E-state index contributed by atoms with van der Waals surface area (Å²) < 4.78 is 38.0. The molecular formula is C23H26ClF3N2O. The van der Waals surface area contributed by atoms with Crippen molar-refractivity contribution in [3.8, 4) is 0 Å². The van der Waals surface area contributed by atoms with E-state index in [1.165, 1.54) is 12.1 Å². The molecule has 3 rings (SSSR count). The van der Waals surface area contributed by atoms with Crippen LogP contribution in [-0.2, 0) is 6.18 Å². The topological polar surface area (TPSA) is 32.3 Å². The molecule has 7 heteroatoms. The van der Waals surface area contributed by atoms with Crippen molar-refractivity contribution < 1.29 is 18.0 Å². The number of nitrogens with zero attached hydrogens (tertiary/aromatic N) is 1. The number of rotatable bonds is 7. The number of anilines is 1. The highest BCUT2D eigenvalue weighted by atomic mass is 35.5. The van der Waals surface area contributed by atoms with Crippen molar-refractivity contribution in [2.75, 3.05) is 25.0 Å². The molecule has 1 aliphatic rings. The van der Waals surface area contributed by atoms with Gasteiger partial charge in [0.15, 0.2) is 0 Å². The van der Waals surface area contributed by atoms with Gasteiger partial charge in [-0.1, -0.05) is 18.2 Å². The molecule has 1 saturated heterocycles. The number of hydrogen-bond donors (Lipinski definition) is 1. The number of amides is 1. The number of para-hydroxylation sites is 1. The number of hydrogen-bond acceptors (Lipinski definition) is 2. The molecule has 2 aromatic carbocycles. The lowest BCUT2D eigenvalue weighted by molar-refractivity contribution is -0.137. The third-order valence-electron chi connectivity index (χ3n) is 5.56. The van der Waals surface area contributed by atoms with Gasteiger partial charge in [0.05, 0.1) is 5.56 Å². The smallest absolute Gasteiger partial charge is 0.385 e. The second-order valence-electron chi connectivity index (χ2n) is 7.66. The summed E-state index contributed by atoms with van der Waals surface area (Å²) in [4.78, 5) is 14.3. The van der Waals surface area contributed by atoms with Gasteiger partial charge in [-0.15, -0.1) is 11.6 Å². The Morgan fingerprint density at radius 3 is 2.30 bits per heavy atom. The van der Waals surface area contributed by atoms with E-state index in [1.54, 1.807) is 4.90 Å². The Morgan fingerprint density at radius 2 is 1.70 bits per heavy atom. The fourth-order valence-electron chi connectivity index (χ4n) is 3.77. The van der Waals surface area contributed by atoms with Crippen molar-refractivity contribution in [2.24, 2.45) is 5.92 Å². The molecule has 0 aromatic heterocycles. The molecule has 0 spiro atoms. The van der Waals surface area contributed by atoms with E-state index in [4.69, 9.17) is 11.6 Å². The lowest BCUT2D eigenvalue weighted by Crippen LogP contribution is -2.40. The van der Waals surface area contributed by atoms with Gasteiger partial charge in [0, 0.05) is 36.3 Å². The summed E-state index contributed by atoms with van der Waals surface area (Å²) in [6.07, 6.45) is -0.905. The fourth-order valence-corrected chi connectivity index (χ4v) is 4.18. The molecule has 30 heavy (non-hydrogen) atoms. The van der Waals surface area contributed by atoms with Crippen LogP contribution in [0.25, 0.3) is 0 Å². The normalized spacial score (nSPS) is 16.3. The summed E-state index contributed by atoms with van der Waals surface area (Å²) in [6, 6.07) is 14.4. The summed E-state index contributed by atoms with van der Waals surface area (Å²) in [5.74, 6) is 0.125. The van der Waals surface area contributed by atoms with Crippen LogP contribution in [0.15, 0.2) is 54.6 Å². The lowest BCUT2D eigenvalue weighted by atomic mass is 9.90. The minimum atomic E-state index is -4.40. The summed E-state index contributed by atoms with van der Waals surface area (Å²) in [7, 11) is 0. The standard InChI is InChI=1S/C23H26ClF3N2O/c24-21(7-4-14-28-20-5-2-1-3-6-20)17-12-15-29(16-13-17)22(30)18-8-10-19(11-9-18)23(25,26)27/h1-3,5-6,8-11,17,21,28H,4,7,12-16H2. The van der Waals surface area contributed by atoms with Crippen molar-refractivity contribution in [3.63, 3.8) is 0 Å². The summed E-state index contributed by atoms with van der Waals surface area (Å²) >= 11 is 6.61. The van der Waals surface area contributed by atoms with Crippen LogP contribution in [0.1, 0.15) is 41.6 Å². The molecule has 162 valence electrons. The largest absolute Gasteiger partial charge is 0.416 e. The second kappa shape index (κ2) is 10.2. The van der Waals surface area contributed by atoms with E-state index in [-0.39, 0.29) is 16.8 Å². The molecule has 0 saturated carbocycles. The number of piperidine rings is 1.